The molecule has 0 saturated heterocycles. The van der Waals surface area contributed by atoms with Gasteiger partial charge in [0.05, 0.1) is 5.25 Å². The van der Waals surface area contributed by atoms with Gasteiger partial charge in [-0.05, 0) is 80.1 Å². The normalized spacial score (nSPS) is 11.8. The van der Waals surface area contributed by atoms with Crippen molar-refractivity contribution in [3.05, 3.63) is 131 Å². The predicted octanol–water partition coefficient (Wildman–Crippen LogP) is 7.18. The van der Waals surface area contributed by atoms with Crippen LogP contribution >= 0.6 is 23.4 Å². The number of carbonyl (C=O) groups is 3. The highest BCUT2D eigenvalue weighted by atomic mass is 35.5. The first-order valence-electron chi connectivity index (χ1n) is 12.6. The van der Waals surface area contributed by atoms with Crippen molar-refractivity contribution in [3.63, 3.8) is 0 Å². The molecular weight excluding hydrogens is 542 g/mol. The molecule has 1 atom stereocenters. The lowest BCUT2D eigenvalue weighted by Crippen LogP contribution is -2.30. The topological polar surface area (TPSA) is 87.3 Å². The average Bonchev–Trinajstić information content (AvgIpc) is 2.94. The zero-order valence-electron chi connectivity index (χ0n) is 22.0. The number of benzene rings is 4. The van der Waals surface area contributed by atoms with E-state index in [0.29, 0.717) is 22.0 Å². The number of thioether (sulfide) groups is 1. The van der Waals surface area contributed by atoms with Crippen LogP contribution in [0, 0.1) is 6.92 Å². The first-order chi connectivity index (χ1) is 19.3. The number of anilines is 2. The molecule has 0 fully saturated rings. The van der Waals surface area contributed by atoms with Gasteiger partial charge in [-0.3, -0.25) is 14.4 Å². The van der Waals surface area contributed by atoms with E-state index in [4.69, 9.17) is 11.6 Å². The van der Waals surface area contributed by atoms with E-state index in [0.717, 1.165) is 16.0 Å². The predicted molar refractivity (Wildman–Crippen MR) is 164 cm³/mol. The van der Waals surface area contributed by atoms with Crippen LogP contribution in [-0.2, 0) is 9.59 Å². The summed E-state index contributed by atoms with van der Waals surface area (Å²) in [5.41, 5.74) is 3.57. The summed E-state index contributed by atoms with van der Waals surface area (Å²) in [7, 11) is 0. The van der Waals surface area contributed by atoms with Crippen LogP contribution in [0.1, 0.15) is 28.4 Å². The number of rotatable bonds is 9. The maximum absolute atomic E-state index is 13.3. The third-order valence-electron chi connectivity index (χ3n) is 5.77. The maximum atomic E-state index is 13.3. The number of hydrogen-bond donors (Lipinski definition) is 3. The number of nitrogens with one attached hydrogen (secondary N) is 3. The molecule has 0 radical (unpaired) electrons. The highest BCUT2D eigenvalue weighted by Gasteiger charge is 2.17. The molecule has 4 rings (SSSR count). The fraction of sp³-hybridized carbons (Fsp3) is 0.0938. The Morgan fingerprint density at radius 1 is 0.800 bits per heavy atom. The van der Waals surface area contributed by atoms with Crippen LogP contribution in [-0.4, -0.2) is 23.0 Å². The first-order valence-corrected chi connectivity index (χ1v) is 13.8. The molecular formula is C32H28ClN3O3S. The van der Waals surface area contributed by atoms with Gasteiger partial charge in [0.15, 0.2) is 0 Å². The van der Waals surface area contributed by atoms with Crippen molar-refractivity contribution in [2.75, 3.05) is 10.6 Å². The number of halogens is 1. The Morgan fingerprint density at radius 3 is 2.23 bits per heavy atom. The molecule has 202 valence electrons. The molecule has 1 unspecified atom stereocenters. The Morgan fingerprint density at radius 2 is 1.52 bits per heavy atom. The van der Waals surface area contributed by atoms with Gasteiger partial charge in [-0.15, -0.1) is 11.8 Å². The van der Waals surface area contributed by atoms with E-state index in [-0.39, 0.29) is 22.8 Å². The fourth-order valence-corrected chi connectivity index (χ4v) is 4.81. The summed E-state index contributed by atoms with van der Waals surface area (Å²) in [5, 5.41) is 8.65. The van der Waals surface area contributed by atoms with Crippen molar-refractivity contribution in [3.8, 4) is 0 Å². The molecule has 3 N–H and O–H groups in total. The van der Waals surface area contributed by atoms with Crippen LogP contribution in [0.25, 0.3) is 6.08 Å². The van der Waals surface area contributed by atoms with E-state index in [1.807, 2.05) is 56.3 Å². The summed E-state index contributed by atoms with van der Waals surface area (Å²) in [5.74, 6) is -0.989. The van der Waals surface area contributed by atoms with Crippen molar-refractivity contribution in [2.24, 2.45) is 0 Å². The van der Waals surface area contributed by atoms with Gasteiger partial charge in [0.2, 0.25) is 5.91 Å². The van der Waals surface area contributed by atoms with E-state index in [2.05, 4.69) is 16.0 Å². The van der Waals surface area contributed by atoms with E-state index >= 15 is 0 Å². The summed E-state index contributed by atoms with van der Waals surface area (Å²) >= 11 is 7.39. The zero-order valence-corrected chi connectivity index (χ0v) is 23.6. The smallest absolute Gasteiger partial charge is 0.272 e. The Hall–Kier alpha value is -4.33. The molecule has 40 heavy (non-hydrogen) atoms. The van der Waals surface area contributed by atoms with Gasteiger partial charge in [0.1, 0.15) is 5.70 Å². The van der Waals surface area contributed by atoms with E-state index in [1.165, 1.54) is 11.8 Å². The molecule has 8 heteroatoms. The lowest BCUT2D eigenvalue weighted by atomic mass is 10.1. The molecule has 4 aromatic carbocycles. The lowest BCUT2D eigenvalue weighted by Gasteiger charge is -2.14. The molecule has 0 aliphatic rings. The number of aryl methyl sites for hydroxylation is 1. The van der Waals surface area contributed by atoms with Crippen LogP contribution in [0.3, 0.4) is 0 Å². The Balaban J connectivity index is 1.43. The maximum Gasteiger partial charge on any atom is 0.272 e. The summed E-state index contributed by atoms with van der Waals surface area (Å²) in [6.07, 6.45) is 1.65. The molecule has 0 spiro atoms. The molecule has 0 saturated carbocycles. The van der Waals surface area contributed by atoms with Crippen molar-refractivity contribution < 1.29 is 14.4 Å². The van der Waals surface area contributed by atoms with Gasteiger partial charge < -0.3 is 16.0 Å². The van der Waals surface area contributed by atoms with Gasteiger partial charge in [0, 0.05) is 26.9 Å². The van der Waals surface area contributed by atoms with Crippen LogP contribution in [0.5, 0.6) is 0 Å². The summed E-state index contributed by atoms with van der Waals surface area (Å²) in [4.78, 5) is 39.6. The largest absolute Gasteiger partial charge is 0.325 e. The monoisotopic (exact) mass is 569 g/mol. The molecule has 0 aliphatic carbocycles. The van der Waals surface area contributed by atoms with Crippen molar-refractivity contribution in [1.82, 2.24) is 5.32 Å². The Labute approximate surface area is 242 Å². The standard InChI is InChI=1S/C32H28ClN3O3S/c1-21-8-6-9-23(18-21)19-29(36-31(38)24-10-4-3-5-11-24)32(39)34-26-14-16-28(17-15-26)40-22(2)30(37)35-27-13-7-12-25(33)20-27/h3-20,22H,1-2H3,(H,34,39)(H,35,37)(H,36,38)/b29-19-. The molecule has 0 bridgehead atoms. The quantitative estimate of drug-likeness (QED) is 0.147. The zero-order chi connectivity index (χ0) is 28.5. The molecule has 6 nitrogen and oxygen atoms in total. The highest BCUT2D eigenvalue weighted by molar-refractivity contribution is 8.00. The lowest BCUT2D eigenvalue weighted by molar-refractivity contribution is -0.115. The third kappa shape index (κ3) is 8.33. The van der Waals surface area contributed by atoms with Gasteiger partial charge in [-0.1, -0.05) is 65.7 Å². The van der Waals surface area contributed by atoms with Crippen molar-refractivity contribution in [1.29, 1.82) is 0 Å². The van der Waals surface area contributed by atoms with Gasteiger partial charge in [-0.25, -0.2) is 0 Å². The molecule has 0 aliphatic heterocycles. The SMILES string of the molecule is Cc1cccc(/C=C(\NC(=O)c2ccccc2)C(=O)Nc2ccc(SC(C)C(=O)Nc3cccc(Cl)c3)cc2)c1. The van der Waals surface area contributed by atoms with Crippen LogP contribution in [0.15, 0.2) is 114 Å². The molecule has 0 aromatic heterocycles. The summed E-state index contributed by atoms with van der Waals surface area (Å²) in [6.45, 7) is 3.78. The minimum absolute atomic E-state index is 0.115. The number of carbonyl (C=O) groups excluding carboxylic acids is 3. The minimum atomic E-state index is -0.458. The molecule has 3 amide bonds. The number of hydrogen-bond acceptors (Lipinski definition) is 4. The fourth-order valence-electron chi connectivity index (χ4n) is 3.75. The second-order valence-corrected chi connectivity index (χ2v) is 10.9. The van der Waals surface area contributed by atoms with Crippen molar-refractivity contribution >= 4 is 58.5 Å². The van der Waals surface area contributed by atoms with Gasteiger partial charge in [-0.2, -0.15) is 0 Å². The average molecular weight is 570 g/mol. The van der Waals surface area contributed by atoms with E-state index in [1.54, 1.807) is 66.7 Å². The van der Waals surface area contributed by atoms with Crippen LogP contribution in [0.2, 0.25) is 5.02 Å². The minimum Gasteiger partial charge on any atom is -0.325 e. The second kappa shape index (κ2) is 13.6. The van der Waals surface area contributed by atoms with Gasteiger partial charge >= 0.3 is 0 Å². The van der Waals surface area contributed by atoms with Gasteiger partial charge in [0.25, 0.3) is 11.8 Å². The second-order valence-electron chi connectivity index (χ2n) is 9.03. The summed E-state index contributed by atoms with van der Waals surface area (Å²) in [6, 6.07) is 30.5. The van der Waals surface area contributed by atoms with E-state index < -0.39 is 5.91 Å². The molecule has 4 aromatic rings. The first kappa shape index (κ1) is 28.7. The number of amides is 3. The van der Waals surface area contributed by atoms with Crippen molar-refractivity contribution in [2.45, 2.75) is 24.0 Å². The summed E-state index contributed by atoms with van der Waals surface area (Å²) < 4.78 is 0. The molecule has 0 heterocycles. The van der Waals surface area contributed by atoms with Crippen LogP contribution in [0.4, 0.5) is 11.4 Å². The van der Waals surface area contributed by atoms with E-state index in [9.17, 15) is 14.4 Å². The Kier molecular flexibility index (Phi) is 9.78. The highest BCUT2D eigenvalue weighted by Crippen LogP contribution is 2.26. The third-order valence-corrected chi connectivity index (χ3v) is 7.12. The van der Waals surface area contributed by atoms with Crippen LogP contribution < -0.4 is 16.0 Å². The Bertz CT molecular complexity index is 1540.